The number of carbonyl (C=O) groups excluding carboxylic acids is 1. The van der Waals surface area contributed by atoms with Gasteiger partial charge in [0.1, 0.15) is 5.75 Å². The summed E-state index contributed by atoms with van der Waals surface area (Å²) in [6.45, 7) is 1.12. The Morgan fingerprint density at radius 3 is 3.05 bits per heavy atom. The summed E-state index contributed by atoms with van der Waals surface area (Å²) in [5.74, 6) is 0.278. The van der Waals surface area contributed by atoms with Crippen LogP contribution in [0.4, 0.5) is 5.69 Å². The van der Waals surface area contributed by atoms with Gasteiger partial charge in [0.2, 0.25) is 0 Å². The van der Waals surface area contributed by atoms with Gasteiger partial charge in [0.25, 0.3) is 5.91 Å². The van der Waals surface area contributed by atoms with E-state index < -0.39 is 0 Å². The molecule has 3 N–H and O–H groups in total. The molecule has 2 rings (SSSR count). The van der Waals surface area contributed by atoms with Crippen molar-refractivity contribution in [2.45, 2.75) is 6.54 Å². The van der Waals surface area contributed by atoms with Crippen molar-refractivity contribution in [3.8, 4) is 5.75 Å². The average Bonchev–Trinajstić information content (AvgIpc) is 2.91. The van der Waals surface area contributed by atoms with Crippen molar-refractivity contribution in [3.63, 3.8) is 0 Å². The Kier molecular flexibility index (Phi) is 4.02. The first-order chi connectivity index (χ1) is 9.20. The summed E-state index contributed by atoms with van der Waals surface area (Å²) in [5.41, 5.74) is 6.67. The molecule has 6 heteroatoms. The summed E-state index contributed by atoms with van der Waals surface area (Å²) in [6, 6.07) is 6.79. The van der Waals surface area contributed by atoms with E-state index in [1.807, 2.05) is 12.3 Å². The summed E-state index contributed by atoms with van der Waals surface area (Å²) in [5, 5.41) is 6.87. The van der Waals surface area contributed by atoms with Crippen LogP contribution in [0.25, 0.3) is 0 Å². The topological polar surface area (TPSA) is 82.2 Å². The van der Waals surface area contributed by atoms with Crippen LogP contribution in [0.1, 0.15) is 10.4 Å². The van der Waals surface area contributed by atoms with Crippen molar-refractivity contribution < 1.29 is 9.53 Å². The number of hydrogen-bond donors (Lipinski definition) is 2. The number of benzene rings is 1. The van der Waals surface area contributed by atoms with Gasteiger partial charge in [-0.05, 0) is 18.2 Å². The molecule has 0 spiro atoms. The van der Waals surface area contributed by atoms with Crippen molar-refractivity contribution in [2.75, 3.05) is 19.4 Å². The van der Waals surface area contributed by atoms with Crippen molar-refractivity contribution >= 4 is 11.6 Å². The first-order valence-corrected chi connectivity index (χ1v) is 5.90. The Morgan fingerprint density at radius 1 is 1.53 bits per heavy atom. The largest absolute Gasteiger partial charge is 0.496 e. The molecule has 0 radical (unpaired) electrons. The molecule has 0 bridgehead atoms. The predicted octanol–water partition coefficient (Wildman–Crippen LogP) is 0.904. The second-order valence-corrected chi connectivity index (χ2v) is 3.98. The summed E-state index contributed by atoms with van der Waals surface area (Å²) >= 11 is 0. The van der Waals surface area contributed by atoms with E-state index in [2.05, 4.69) is 10.4 Å². The number of hydrogen-bond acceptors (Lipinski definition) is 4. The fraction of sp³-hybridized carbons (Fsp3) is 0.231. The fourth-order valence-corrected chi connectivity index (χ4v) is 1.71. The molecular formula is C13H16N4O2. The van der Waals surface area contributed by atoms with E-state index in [0.717, 1.165) is 0 Å². The minimum absolute atomic E-state index is 0.191. The van der Waals surface area contributed by atoms with E-state index >= 15 is 0 Å². The zero-order valence-electron chi connectivity index (χ0n) is 10.7. The van der Waals surface area contributed by atoms with Crippen LogP contribution in [0, 0.1) is 0 Å². The molecular weight excluding hydrogens is 244 g/mol. The van der Waals surface area contributed by atoms with Crippen LogP contribution in [0.15, 0.2) is 36.7 Å². The van der Waals surface area contributed by atoms with Crippen LogP contribution in [0.2, 0.25) is 0 Å². The number of nitrogens with zero attached hydrogens (tertiary/aromatic N) is 2. The fourth-order valence-electron chi connectivity index (χ4n) is 1.71. The average molecular weight is 260 g/mol. The maximum Gasteiger partial charge on any atom is 0.255 e. The molecule has 0 saturated heterocycles. The standard InChI is InChI=1S/C13H16N4O2/c1-19-12-9-10(14)3-4-11(12)13(18)15-6-8-17-7-2-5-16-17/h2-5,7,9H,6,8,14H2,1H3,(H,15,18). The van der Waals surface area contributed by atoms with Gasteiger partial charge in [0.05, 0.1) is 19.2 Å². The maximum absolute atomic E-state index is 12.0. The van der Waals surface area contributed by atoms with E-state index in [1.165, 1.54) is 7.11 Å². The van der Waals surface area contributed by atoms with Crippen LogP contribution in [0.5, 0.6) is 5.75 Å². The second kappa shape index (κ2) is 5.90. The van der Waals surface area contributed by atoms with Gasteiger partial charge in [-0.25, -0.2) is 0 Å². The lowest BCUT2D eigenvalue weighted by Gasteiger charge is -2.10. The molecule has 1 amide bonds. The quantitative estimate of drug-likeness (QED) is 0.783. The van der Waals surface area contributed by atoms with E-state index in [4.69, 9.17) is 10.5 Å². The smallest absolute Gasteiger partial charge is 0.255 e. The highest BCUT2D eigenvalue weighted by Gasteiger charge is 2.11. The molecule has 0 aliphatic rings. The Morgan fingerprint density at radius 2 is 2.37 bits per heavy atom. The van der Waals surface area contributed by atoms with Crippen LogP contribution < -0.4 is 15.8 Å². The minimum atomic E-state index is -0.191. The predicted molar refractivity (Wildman–Crippen MR) is 72.0 cm³/mol. The highest BCUT2D eigenvalue weighted by atomic mass is 16.5. The molecule has 6 nitrogen and oxygen atoms in total. The van der Waals surface area contributed by atoms with Crippen LogP contribution in [0.3, 0.4) is 0 Å². The molecule has 2 aromatic rings. The highest BCUT2D eigenvalue weighted by molar-refractivity contribution is 5.97. The number of anilines is 1. The summed E-state index contributed by atoms with van der Waals surface area (Å²) in [6.07, 6.45) is 3.54. The van der Waals surface area contributed by atoms with Crippen LogP contribution in [-0.2, 0) is 6.54 Å². The molecule has 19 heavy (non-hydrogen) atoms. The summed E-state index contributed by atoms with van der Waals surface area (Å²) < 4.78 is 6.89. The lowest BCUT2D eigenvalue weighted by atomic mass is 10.1. The number of nitrogens with two attached hydrogens (primary N) is 1. The van der Waals surface area contributed by atoms with Gasteiger partial charge in [-0.1, -0.05) is 0 Å². The molecule has 0 atom stereocenters. The molecule has 100 valence electrons. The lowest BCUT2D eigenvalue weighted by Crippen LogP contribution is -2.27. The SMILES string of the molecule is COc1cc(N)ccc1C(=O)NCCn1cccn1. The number of nitrogens with one attached hydrogen (secondary N) is 1. The van der Waals surface area contributed by atoms with Crippen molar-refractivity contribution in [3.05, 3.63) is 42.2 Å². The molecule has 1 aromatic heterocycles. The van der Waals surface area contributed by atoms with E-state index in [-0.39, 0.29) is 5.91 Å². The summed E-state index contributed by atoms with van der Waals surface area (Å²) in [7, 11) is 1.51. The maximum atomic E-state index is 12.0. The number of nitrogen functional groups attached to an aromatic ring is 1. The normalized spacial score (nSPS) is 10.2. The van der Waals surface area contributed by atoms with Gasteiger partial charge < -0.3 is 15.8 Å². The third kappa shape index (κ3) is 3.25. The molecule has 0 saturated carbocycles. The van der Waals surface area contributed by atoms with Gasteiger partial charge in [0, 0.05) is 30.7 Å². The number of methoxy groups -OCH3 is 1. The van der Waals surface area contributed by atoms with Crippen LogP contribution >= 0.6 is 0 Å². The second-order valence-electron chi connectivity index (χ2n) is 3.98. The first kappa shape index (κ1) is 12.9. The Balaban J connectivity index is 1.96. The van der Waals surface area contributed by atoms with Gasteiger partial charge in [-0.3, -0.25) is 9.48 Å². The summed E-state index contributed by atoms with van der Waals surface area (Å²) in [4.78, 5) is 12.0. The number of ether oxygens (including phenoxy) is 1. The van der Waals surface area contributed by atoms with Gasteiger partial charge in [-0.2, -0.15) is 5.10 Å². The van der Waals surface area contributed by atoms with Gasteiger partial charge in [0.15, 0.2) is 0 Å². The number of aromatic nitrogens is 2. The van der Waals surface area contributed by atoms with Crippen molar-refractivity contribution in [2.24, 2.45) is 0 Å². The van der Waals surface area contributed by atoms with Crippen LogP contribution in [-0.4, -0.2) is 29.3 Å². The molecule has 1 heterocycles. The molecule has 0 aliphatic carbocycles. The van der Waals surface area contributed by atoms with Crippen molar-refractivity contribution in [1.82, 2.24) is 15.1 Å². The number of amides is 1. The molecule has 0 fully saturated rings. The lowest BCUT2D eigenvalue weighted by molar-refractivity contribution is 0.0949. The third-order valence-corrected chi connectivity index (χ3v) is 2.66. The van der Waals surface area contributed by atoms with Gasteiger partial charge >= 0.3 is 0 Å². The van der Waals surface area contributed by atoms with E-state index in [1.54, 1.807) is 29.1 Å². The molecule has 0 aliphatic heterocycles. The molecule has 1 aromatic carbocycles. The zero-order chi connectivity index (χ0) is 13.7. The van der Waals surface area contributed by atoms with E-state index in [0.29, 0.717) is 30.1 Å². The third-order valence-electron chi connectivity index (χ3n) is 2.66. The zero-order valence-corrected chi connectivity index (χ0v) is 10.7. The minimum Gasteiger partial charge on any atom is -0.496 e. The monoisotopic (exact) mass is 260 g/mol. The Labute approximate surface area is 111 Å². The number of rotatable bonds is 5. The first-order valence-electron chi connectivity index (χ1n) is 5.90. The molecule has 0 unspecified atom stereocenters. The Hall–Kier alpha value is -2.50. The van der Waals surface area contributed by atoms with Gasteiger partial charge in [-0.15, -0.1) is 0 Å². The van der Waals surface area contributed by atoms with Crippen molar-refractivity contribution in [1.29, 1.82) is 0 Å². The Bertz CT molecular complexity index is 552. The number of carbonyl (C=O) groups is 1. The van der Waals surface area contributed by atoms with E-state index in [9.17, 15) is 4.79 Å². The highest BCUT2D eigenvalue weighted by Crippen LogP contribution is 2.21.